The van der Waals surface area contributed by atoms with Crippen molar-refractivity contribution in [3.63, 3.8) is 0 Å². The normalized spacial score (nSPS) is 11.6. The van der Waals surface area contributed by atoms with Crippen LogP contribution in [0.15, 0.2) is 42.5 Å². The smallest absolute Gasteiger partial charge is 0.398 e. The third-order valence-electron chi connectivity index (χ3n) is 2.91. The average Bonchev–Trinajstić information content (AvgIpc) is 2.38. The summed E-state index contributed by atoms with van der Waals surface area (Å²) in [5.74, 6) is 0. The number of anilines is 1. The molecule has 0 amide bonds. The monoisotopic (exact) mass is 266 g/mol. The summed E-state index contributed by atoms with van der Waals surface area (Å²) in [6.07, 6.45) is -4.45. The van der Waals surface area contributed by atoms with E-state index >= 15 is 0 Å². The fourth-order valence-electron chi connectivity index (χ4n) is 1.88. The maximum Gasteiger partial charge on any atom is 0.418 e. The molecule has 0 bridgehead atoms. The molecule has 100 valence electrons. The third-order valence-corrected chi connectivity index (χ3v) is 2.91. The molecule has 0 aliphatic heterocycles. The molecular formula is C14H13F3N2. The second kappa shape index (κ2) is 4.93. The molecule has 2 aromatic rings. The number of para-hydroxylation sites is 1. The van der Waals surface area contributed by atoms with Crippen molar-refractivity contribution in [1.82, 2.24) is 0 Å². The maximum atomic E-state index is 12.8. The van der Waals surface area contributed by atoms with Gasteiger partial charge in [0.2, 0.25) is 0 Å². The molecule has 2 nitrogen and oxygen atoms in total. The minimum absolute atomic E-state index is 0.254. The van der Waals surface area contributed by atoms with Crippen molar-refractivity contribution >= 4 is 5.69 Å². The van der Waals surface area contributed by atoms with Gasteiger partial charge in [-0.15, -0.1) is 0 Å². The zero-order chi connectivity index (χ0) is 14.0. The summed E-state index contributed by atoms with van der Waals surface area (Å²) in [5, 5.41) is 0. The average molecular weight is 266 g/mol. The Hall–Kier alpha value is -2.01. The molecule has 2 rings (SSSR count). The van der Waals surface area contributed by atoms with E-state index in [2.05, 4.69) is 0 Å². The Morgan fingerprint density at radius 1 is 0.947 bits per heavy atom. The highest BCUT2D eigenvalue weighted by molar-refractivity contribution is 5.79. The maximum absolute atomic E-state index is 12.8. The number of alkyl halides is 3. The molecule has 0 spiro atoms. The highest BCUT2D eigenvalue weighted by atomic mass is 19.4. The Bertz CT molecular complexity index is 574. The second-order valence-electron chi connectivity index (χ2n) is 4.17. The van der Waals surface area contributed by atoms with Crippen LogP contribution < -0.4 is 11.5 Å². The van der Waals surface area contributed by atoms with Gasteiger partial charge in [0.05, 0.1) is 11.3 Å². The van der Waals surface area contributed by atoms with Gasteiger partial charge in [0.15, 0.2) is 0 Å². The lowest BCUT2D eigenvalue weighted by Gasteiger charge is -2.13. The van der Waals surface area contributed by atoms with E-state index in [1.165, 1.54) is 6.07 Å². The number of nitrogens with two attached hydrogens (primary N) is 2. The van der Waals surface area contributed by atoms with Crippen LogP contribution in [0.2, 0.25) is 0 Å². The Balaban J connectivity index is 2.50. The third kappa shape index (κ3) is 2.71. The van der Waals surface area contributed by atoms with Crippen LogP contribution in [-0.2, 0) is 12.7 Å². The molecule has 0 radical (unpaired) electrons. The first kappa shape index (κ1) is 13.4. The van der Waals surface area contributed by atoms with E-state index in [-0.39, 0.29) is 5.69 Å². The predicted octanol–water partition coefficient (Wildman–Crippen LogP) is 3.41. The molecule has 0 atom stereocenters. The number of benzene rings is 2. The topological polar surface area (TPSA) is 52.0 Å². The van der Waals surface area contributed by atoms with Crippen LogP contribution in [0.5, 0.6) is 0 Å². The zero-order valence-electron chi connectivity index (χ0n) is 10.0. The Morgan fingerprint density at radius 3 is 2.11 bits per heavy atom. The van der Waals surface area contributed by atoms with Crippen LogP contribution in [0.1, 0.15) is 11.1 Å². The fraction of sp³-hybridized carbons (Fsp3) is 0.143. The Kier molecular flexibility index (Phi) is 3.48. The van der Waals surface area contributed by atoms with Gasteiger partial charge >= 0.3 is 6.18 Å². The number of halogens is 3. The molecule has 0 saturated carbocycles. The summed E-state index contributed by atoms with van der Waals surface area (Å²) in [6.45, 7) is 0.387. The van der Waals surface area contributed by atoms with Crippen molar-refractivity contribution in [3.8, 4) is 11.1 Å². The molecule has 0 aromatic heterocycles. The van der Waals surface area contributed by atoms with Gasteiger partial charge in [0.25, 0.3) is 0 Å². The second-order valence-corrected chi connectivity index (χ2v) is 4.17. The summed E-state index contributed by atoms with van der Waals surface area (Å²) in [4.78, 5) is 0. The quantitative estimate of drug-likeness (QED) is 0.818. The van der Waals surface area contributed by atoms with Crippen molar-refractivity contribution in [2.24, 2.45) is 5.73 Å². The molecule has 4 N–H and O–H groups in total. The lowest BCUT2D eigenvalue weighted by Crippen LogP contribution is -2.09. The molecule has 0 unspecified atom stereocenters. The first-order valence-electron chi connectivity index (χ1n) is 5.68. The Labute approximate surface area is 108 Å². The lowest BCUT2D eigenvalue weighted by atomic mass is 9.99. The van der Waals surface area contributed by atoms with Gasteiger partial charge in [-0.1, -0.05) is 36.4 Å². The van der Waals surface area contributed by atoms with Gasteiger partial charge in [-0.25, -0.2) is 0 Å². The van der Waals surface area contributed by atoms with Crippen LogP contribution in [0.25, 0.3) is 11.1 Å². The van der Waals surface area contributed by atoms with Crippen molar-refractivity contribution in [3.05, 3.63) is 53.6 Å². The standard InChI is InChI=1S/C14H13F3N2/c15-14(16,17)12-3-1-2-11(13(12)19)10-6-4-9(8-18)5-7-10/h1-7H,8,18-19H2. The highest BCUT2D eigenvalue weighted by Crippen LogP contribution is 2.38. The van der Waals surface area contributed by atoms with Gasteiger partial charge in [0.1, 0.15) is 0 Å². The predicted molar refractivity (Wildman–Crippen MR) is 69.2 cm³/mol. The molecule has 0 aliphatic carbocycles. The number of hydrogen-bond donors (Lipinski definition) is 2. The van der Waals surface area contributed by atoms with Crippen LogP contribution >= 0.6 is 0 Å². The summed E-state index contributed by atoms with van der Waals surface area (Å²) in [5.41, 5.74) is 12.0. The van der Waals surface area contributed by atoms with E-state index in [4.69, 9.17) is 11.5 Å². The van der Waals surface area contributed by atoms with Crippen molar-refractivity contribution < 1.29 is 13.2 Å². The van der Waals surface area contributed by atoms with E-state index in [0.29, 0.717) is 17.7 Å². The van der Waals surface area contributed by atoms with E-state index in [1.807, 2.05) is 0 Å². The molecule has 0 aliphatic rings. The number of nitrogen functional groups attached to an aromatic ring is 1. The van der Waals surface area contributed by atoms with Gasteiger partial charge in [-0.3, -0.25) is 0 Å². The molecular weight excluding hydrogens is 253 g/mol. The van der Waals surface area contributed by atoms with Gasteiger partial charge < -0.3 is 11.5 Å². The van der Waals surface area contributed by atoms with Crippen molar-refractivity contribution in [2.45, 2.75) is 12.7 Å². The first-order chi connectivity index (χ1) is 8.93. The summed E-state index contributed by atoms with van der Waals surface area (Å²) >= 11 is 0. The van der Waals surface area contributed by atoms with Crippen molar-refractivity contribution in [1.29, 1.82) is 0 Å². The minimum atomic E-state index is -4.45. The largest absolute Gasteiger partial charge is 0.418 e. The Morgan fingerprint density at radius 2 is 1.58 bits per heavy atom. The lowest BCUT2D eigenvalue weighted by molar-refractivity contribution is -0.136. The molecule has 5 heteroatoms. The van der Waals surface area contributed by atoms with E-state index < -0.39 is 11.7 Å². The molecule has 0 saturated heterocycles. The molecule has 2 aromatic carbocycles. The van der Waals surface area contributed by atoms with E-state index in [9.17, 15) is 13.2 Å². The highest BCUT2D eigenvalue weighted by Gasteiger charge is 2.33. The summed E-state index contributed by atoms with van der Waals surface area (Å²) < 4.78 is 38.3. The first-order valence-corrected chi connectivity index (χ1v) is 5.68. The minimum Gasteiger partial charge on any atom is -0.398 e. The zero-order valence-corrected chi connectivity index (χ0v) is 10.0. The molecule has 0 heterocycles. The number of rotatable bonds is 2. The SMILES string of the molecule is NCc1ccc(-c2cccc(C(F)(F)F)c2N)cc1. The van der Waals surface area contributed by atoms with Crippen molar-refractivity contribution in [2.75, 3.05) is 5.73 Å². The van der Waals surface area contributed by atoms with Gasteiger partial charge in [0, 0.05) is 12.1 Å². The number of hydrogen-bond acceptors (Lipinski definition) is 2. The fourth-order valence-corrected chi connectivity index (χ4v) is 1.88. The van der Waals surface area contributed by atoms with E-state index in [1.54, 1.807) is 30.3 Å². The summed E-state index contributed by atoms with van der Waals surface area (Å²) in [7, 11) is 0. The van der Waals surface area contributed by atoms with Gasteiger partial charge in [-0.05, 0) is 17.2 Å². The van der Waals surface area contributed by atoms with Crippen LogP contribution in [-0.4, -0.2) is 0 Å². The van der Waals surface area contributed by atoms with Crippen LogP contribution in [0.4, 0.5) is 18.9 Å². The molecule has 0 fully saturated rings. The van der Waals surface area contributed by atoms with Crippen LogP contribution in [0, 0.1) is 0 Å². The van der Waals surface area contributed by atoms with Crippen LogP contribution in [0.3, 0.4) is 0 Å². The van der Waals surface area contributed by atoms with Gasteiger partial charge in [-0.2, -0.15) is 13.2 Å². The summed E-state index contributed by atoms with van der Waals surface area (Å²) in [6, 6.07) is 10.9. The van der Waals surface area contributed by atoms with E-state index in [0.717, 1.165) is 11.6 Å². The molecule has 19 heavy (non-hydrogen) atoms.